The molecule has 0 aliphatic carbocycles. The topological polar surface area (TPSA) is 61.9 Å². The summed E-state index contributed by atoms with van der Waals surface area (Å²) < 4.78 is 0. The predicted octanol–water partition coefficient (Wildman–Crippen LogP) is 2.83. The van der Waals surface area contributed by atoms with E-state index in [-0.39, 0.29) is 11.4 Å². The molecule has 0 spiro atoms. The number of hydrogen-bond acceptors (Lipinski definition) is 2. The molecule has 0 heterocycles. The maximum atomic E-state index is 7.30. The van der Waals surface area contributed by atoms with Crippen LogP contribution in [0.1, 0.15) is 26.3 Å². The first-order valence-corrected chi connectivity index (χ1v) is 5.09. The summed E-state index contributed by atoms with van der Waals surface area (Å²) in [6.07, 6.45) is 0. The molecule has 0 saturated carbocycles. The van der Waals surface area contributed by atoms with E-state index in [9.17, 15) is 0 Å². The van der Waals surface area contributed by atoms with Crippen molar-refractivity contribution in [3.63, 3.8) is 0 Å². The highest BCUT2D eigenvalue weighted by atomic mass is 35.5. The number of nitrogen functional groups attached to an aromatic ring is 1. The Balaban J connectivity index is 2.97. The van der Waals surface area contributed by atoms with Gasteiger partial charge in [-0.1, -0.05) is 11.6 Å². The van der Waals surface area contributed by atoms with Crippen LogP contribution < -0.4 is 11.1 Å². The van der Waals surface area contributed by atoms with Gasteiger partial charge >= 0.3 is 0 Å². The van der Waals surface area contributed by atoms with Gasteiger partial charge in [-0.25, -0.2) is 0 Å². The molecule has 0 aliphatic rings. The zero-order valence-electron chi connectivity index (χ0n) is 9.19. The molecule has 0 aromatic heterocycles. The number of hydrogen-bond donors (Lipinski definition) is 3. The first-order chi connectivity index (χ1) is 6.79. The summed E-state index contributed by atoms with van der Waals surface area (Å²) in [7, 11) is 0. The highest BCUT2D eigenvalue weighted by molar-refractivity contribution is 6.34. The standard InChI is InChI=1S/C11H16ClN3/c1-11(2,3)15-7-4-5-8(10(13)14)9(12)6-7/h4-6,15H,1-3H3,(H3,13,14). The fourth-order valence-corrected chi connectivity index (χ4v) is 1.53. The number of rotatable bonds is 2. The van der Waals surface area contributed by atoms with Crippen LogP contribution in [0.15, 0.2) is 18.2 Å². The molecule has 4 N–H and O–H groups in total. The largest absolute Gasteiger partial charge is 0.384 e. The van der Waals surface area contributed by atoms with Crippen molar-refractivity contribution in [3.8, 4) is 0 Å². The number of nitrogens with one attached hydrogen (secondary N) is 2. The summed E-state index contributed by atoms with van der Waals surface area (Å²) in [5.41, 5.74) is 6.85. The normalized spacial score (nSPS) is 11.2. The summed E-state index contributed by atoms with van der Waals surface area (Å²) in [5.74, 6) is -0.0118. The minimum absolute atomic E-state index is 0.0118. The smallest absolute Gasteiger partial charge is 0.124 e. The van der Waals surface area contributed by atoms with E-state index in [2.05, 4.69) is 26.1 Å². The highest BCUT2D eigenvalue weighted by Crippen LogP contribution is 2.22. The molecule has 1 rings (SSSR count). The van der Waals surface area contributed by atoms with Gasteiger partial charge in [0.2, 0.25) is 0 Å². The lowest BCUT2D eigenvalue weighted by atomic mass is 10.1. The predicted molar refractivity (Wildman–Crippen MR) is 65.8 cm³/mol. The molecule has 0 radical (unpaired) electrons. The average Bonchev–Trinajstić information content (AvgIpc) is 1.99. The van der Waals surface area contributed by atoms with Gasteiger partial charge in [0.1, 0.15) is 5.84 Å². The molecule has 0 atom stereocenters. The molecular formula is C11H16ClN3. The van der Waals surface area contributed by atoms with Crippen LogP contribution in [-0.2, 0) is 0 Å². The molecule has 0 fully saturated rings. The van der Waals surface area contributed by atoms with E-state index in [0.717, 1.165) is 5.69 Å². The van der Waals surface area contributed by atoms with Crippen LogP contribution in [0.25, 0.3) is 0 Å². The second-order valence-corrected chi connectivity index (χ2v) is 4.89. The minimum Gasteiger partial charge on any atom is -0.384 e. The fourth-order valence-electron chi connectivity index (χ4n) is 1.24. The number of halogens is 1. The minimum atomic E-state index is -0.0128. The van der Waals surface area contributed by atoms with E-state index < -0.39 is 0 Å². The van der Waals surface area contributed by atoms with Crippen molar-refractivity contribution in [2.45, 2.75) is 26.3 Å². The molecule has 82 valence electrons. The van der Waals surface area contributed by atoms with E-state index in [0.29, 0.717) is 10.6 Å². The van der Waals surface area contributed by atoms with E-state index in [1.54, 1.807) is 12.1 Å². The highest BCUT2D eigenvalue weighted by Gasteiger charge is 2.10. The molecule has 1 aromatic rings. The number of anilines is 1. The molecule has 0 amide bonds. The van der Waals surface area contributed by atoms with Crippen LogP contribution in [0.4, 0.5) is 5.69 Å². The van der Waals surface area contributed by atoms with E-state index in [4.69, 9.17) is 22.7 Å². The number of benzene rings is 1. The van der Waals surface area contributed by atoms with Crippen molar-refractivity contribution in [3.05, 3.63) is 28.8 Å². The molecule has 4 heteroatoms. The van der Waals surface area contributed by atoms with Crippen molar-refractivity contribution in [2.24, 2.45) is 5.73 Å². The van der Waals surface area contributed by atoms with Crippen molar-refractivity contribution in [1.29, 1.82) is 5.41 Å². The summed E-state index contributed by atoms with van der Waals surface area (Å²) in [5, 5.41) is 11.1. The van der Waals surface area contributed by atoms with Crippen LogP contribution in [0, 0.1) is 5.41 Å². The summed E-state index contributed by atoms with van der Waals surface area (Å²) in [6.45, 7) is 6.21. The third-order valence-electron chi connectivity index (χ3n) is 1.78. The molecule has 0 aliphatic heterocycles. The Morgan fingerprint density at radius 3 is 2.40 bits per heavy atom. The van der Waals surface area contributed by atoms with Gasteiger partial charge in [0, 0.05) is 16.8 Å². The van der Waals surface area contributed by atoms with Gasteiger partial charge in [-0.2, -0.15) is 0 Å². The zero-order valence-corrected chi connectivity index (χ0v) is 9.94. The van der Waals surface area contributed by atoms with Gasteiger partial charge < -0.3 is 11.1 Å². The molecule has 0 bridgehead atoms. The second kappa shape index (κ2) is 4.11. The Hall–Kier alpha value is -1.22. The first-order valence-electron chi connectivity index (χ1n) is 4.72. The SMILES string of the molecule is CC(C)(C)Nc1ccc(C(=N)N)c(Cl)c1. The van der Waals surface area contributed by atoms with Gasteiger partial charge in [0.15, 0.2) is 0 Å². The van der Waals surface area contributed by atoms with Crippen LogP contribution in [0.2, 0.25) is 5.02 Å². The quantitative estimate of drug-likeness (QED) is 0.536. The lowest BCUT2D eigenvalue weighted by molar-refractivity contribution is 0.634. The third-order valence-corrected chi connectivity index (χ3v) is 2.09. The zero-order chi connectivity index (χ0) is 11.6. The summed E-state index contributed by atoms with van der Waals surface area (Å²) in [4.78, 5) is 0. The van der Waals surface area contributed by atoms with Gasteiger partial charge in [0.25, 0.3) is 0 Å². The fraction of sp³-hybridized carbons (Fsp3) is 0.364. The Kier molecular flexibility index (Phi) is 3.25. The van der Waals surface area contributed by atoms with Crippen molar-refractivity contribution in [2.75, 3.05) is 5.32 Å². The van der Waals surface area contributed by atoms with Crippen molar-refractivity contribution >= 4 is 23.1 Å². The van der Waals surface area contributed by atoms with Crippen LogP contribution in [0.3, 0.4) is 0 Å². The summed E-state index contributed by atoms with van der Waals surface area (Å²) in [6, 6.07) is 5.40. The number of nitrogens with two attached hydrogens (primary N) is 1. The van der Waals surface area contributed by atoms with Crippen molar-refractivity contribution in [1.82, 2.24) is 0 Å². The second-order valence-electron chi connectivity index (χ2n) is 4.48. The Morgan fingerprint density at radius 1 is 1.40 bits per heavy atom. The maximum absolute atomic E-state index is 7.30. The monoisotopic (exact) mass is 225 g/mol. The van der Waals surface area contributed by atoms with E-state index in [1.807, 2.05) is 6.07 Å². The van der Waals surface area contributed by atoms with E-state index >= 15 is 0 Å². The molecule has 0 saturated heterocycles. The van der Waals surface area contributed by atoms with Crippen LogP contribution in [0.5, 0.6) is 0 Å². The van der Waals surface area contributed by atoms with Crippen LogP contribution >= 0.6 is 11.6 Å². The molecule has 0 unspecified atom stereocenters. The third kappa shape index (κ3) is 3.44. The van der Waals surface area contributed by atoms with Gasteiger partial charge in [-0.05, 0) is 39.0 Å². The summed E-state index contributed by atoms with van der Waals surface area (Å²) >= 11 is 5.99. The lowest BCUT2D eigenvalue weighted by Crippen LogP contribution is -2.26. The van der Waals surface area contributed by atoms with Crippen molar-refractivity contribution < 1.29 is 0 Å². The van der Waals surface area contributed by atoms with Gasteiger partial charge in [-0.15, -0.1) is 0 Å². The molecule has 3 nitrogen and oxygen atoms in total. The molecular weight excluding hydrogens is 210 g/mol. The Bertz CT molecular complexity index is 380. The lowest BCUT2D eigenvalue weighted by Gasteiger charge is -2.22. The average molecular weight is 226 g/mol. The molecule has 15 heavy (non-hydrogen) atoms. The first kappa shape index (κ1) is 11.9. The Morgan fingerprint density at radius 2 is 2.00 bits per heavy atom. The Labute approximate surface area is 95.1 Å². The van der Waals surface area contributed by atoms with E-state index in [1.165, 1.54) is 0 Å². The van der Waals surface area contributed by atoms with Gasteiger partial charge in [0.05, 0.1) is 5.02 Å². The maximum Gasteiger partial charge on any atom is 0.124 e. The van der Waals surface area contributed by atoms with Gasteiger partial charge in [-0.3, -0.25) is 5.41 Å². The number of amidine groups is 1. The molecule has 1 aromatic carbocycles. The van der Waals surface area contributed by atoms with Crippen LogP contribution in [-0.4, -0.2) is 11.4 Å².